The summed E-state index contributed by atoms with van der Waals surface area (Å²) in [6.07, 6.45) is 7.48. The maximum atomic E-state index is 5.74. The summed E-state index contributed by atoms with van der Waals surface area (Å²) in [5.74, 6) is 0. The van der Waals surface area contributed by atoms with E-state index in [4.69, 9.17) is 21.1 Å². The summed E-state index contributed by atoms with van der Waals surface area (Å²) in [6.45, 7) is 16.3. The molecule has 37 heavy (non-hydrogen) atoms. The number of nitrogens with one attached hydrogen (secondary N) is 1. The number of fused-ring (bicyclic) bond motifs is 2. The zero-order valence-electron chi connectivity index (χ0n) is 22.7. The molecule has 0 aliphatic carbocycles. The molecule has 0 bridgehead atoms. The fourth-order valence-electron chi connectivity index (χ4n) is 3.06. The molecular weight excluding hydrogens is 652 g/mol. The van der Waals surface area contributed by atoms with E-state index in [0.29, 0.717) is 12.8 Å². The van der Waals surface area contributed by atoms with Gasteiger partial charge in [0, 0.05) is 73.9 Å². The Balaban J connectivity index is 0.000000214. The van der Waals surface area contributed by atoms with Gasteiger partial charge in [0.15, 0.2) is 0 Å². The minimum Gasteiger partial charge on any atom is -0.366 e. The van der Waals surface area contributed by atoms with Crippen molar-refractivity contribution >= 4 is 81.7 Å². The Morgan fingerprint density at radius 1 is 0.838 bits per heavy atom. The Morgan fingerprint density at radius 2 is 1.43 bits per heavy atom. The third-order valence-electron chi connectivity index (χ3n) is 5.32. The van der Waals surface area contributed by atoms with Gasteiger partial charge in [0.25, 0.3) is 0 Å². The van der Waals surface area contributed by atoms with E-state index in [1.54, 1.807) is 6.20 Å². The van der Waals surface area contributed by atoms with Gasteiger partial charge in [-0.3, -0.25) is 0 Å². The number of halogens is 3. The van der Waals surface area contributed by atoms with Crippen LogP contribution in [0, 0.1) is 0 Å². The van der Waals surface area contributed by atoms with Gasteiger partial charge in [-0.05, 0) is 68.2 Å². The van der Waals surface area contributed by atoms with E-state index in [9.17, 15) is 0 Å². The number of nitrogens with zero attached hydrogens (tertiary/aromatic N) is 3. The second-order valence-electron chi connectivity index (χ2n) is 11.0. The predicted molar refractivity (Wildman–Crippen MR) is 170 cm³/mol. The van der Waals surface area contributed by atoms with Crippen LogP contribution in [0.15, 0.2) is 58.0 Å². The van der Waals surface area contributed by atoms with E-state index in [0.717, 1.165) is 44.2 Å². The zero-order chi connectivity index (χ0) is 27.5. The third kappa shape index (κ3) is 12.1. The molecule has 0 fully saturated rings. The number of alkyl halides is 1. The van der Waals surface area contributed by atoms with Gasteiger partial charge in [-0.2, -0.15) is 0 Å². The third-order valence-corrected chi connectivity index (χ3v) is 10.3. The molecule has 0 radical (unpaired) electrons. The molecule has 1 N–H and O–H groups in total. The Morgan fingerprint density at radius 3 is 2.03 bits per heavy atom. The molecule has 0 aliphatic heterocycles. The highest BCUT2D eigenvalue weighted by molar-refractivity contribution is 9.11. The fraction of sp³-hybridized carbons (Fsp3) is 0.462. The van der Waals surface area contributed by atoms with Gasteiger partial charge in [-0.25, -0.2) is 9.97 Å². The highest BCUT2D eigenvalue weighted by Crippen LogP contribution is 2.23. The van der Waals surface area contributed by atoms with Crippen LogP contribution in [0.3, 0.4) is 0 Å². The van der Waals surface area contributed by atoms with Crippen molar-refractivity contribution in [1.82, 2.24) is 19.5 Å². The van der Waals surface area contributed by atoms with E-state index >= 15 is 0 Å². The second-order valence-corrected chi connectivity index (χ2v) is 24.2. The first-order valence-electron chi connectivity index (χ1n) is 12.3. The number of pyridine rings is 2. The maximum absolute atomic E-state index is 5.74. The SMILES string of the molecule is Brc1ccnc2[nH]ccc12.C[Si](C)(C)CCOCCl.C[Si](C)(C)CCOCn1ccc2c(Br)ccnc21. The fourth-order valence-corrected chi connectivity index (χ4v) is 5.55. The first kappa shape index (κ1) is 32.2. The Kier molecular flexibility index (Phi) is 13.5. The summed E-state index contributed by atoms with van der Waals surface area (Å²) in [5, 5.41) is 2.26. The highest BCUT2D eigenvalue weighted by atomic mass is 79.9. The van der Waals surface area contributed by atoms with Gasteiger partial charge in [0.2, 0.25) is 0 Å². The van der Waals surface area contributed by atoms with Crippen LogP contribution in [0.5, 0.6) is 0 Å². The predicted octanol–water partition coefficient (Wildman–Crippen LogP) is 8.97. The van der Waals surface area contributed by atoms with Gasteiger partial charge in [-0.15, -0.1) is 0 Å². The maximum Gasteiger partial charge on any atom is 0.142 e. The summed E-state index contributed by atoms with van der Waals surface area (Å²) in [7, 11) is -1.88. The largest absolute Gasteiger partial charge is 0.366 e. The van der Waals surface area contributed by atoms with E-state index in [-0.39, 0.29) is 0 Å². The molecule has 4 rings (SSSR count). The molecule has 0 unspecified atom stereocenters. The summed E-state index contributed by atoms with van der Waals surface area (Å²) in [4.78, 5) is 11.5. The number of rotatable bonds is 9. The van der Waals surface area contributed by atoms with E-state index in [1.165, 1.54) is 12.1 Å². The minimum atomic E-state index is -0.999. The molecule has 0 aromatic carbocycles. The van der Waals surface area contributed by atoms with Crippen LogP contribution < -0.4 is 0 Å². The van der Waals surface area contributed by atoms with Crippen molar-refractivity contribution < 1.29 is 9.47 Å². The van der Waals surface area contributed by atoms with Gasteiger partial charge >= 0.3 is 0 Å². The highest BCUT2D eigenvalue weighted by Gasteiger charge is 2.13. The molecule has 0 atom stereocenters. The Bertz CT molecular complexity index is 1220. The average molecular weight is 691 g/mol. The smallest absolute Gasteiger partial charge is 0.142 e. The molecule has 11 heteroatoms. The lowest BCUT2D eigenvalue weighted by Gasteiger charge is -2.15. The van der Waals surface area contributed by atoms with Gasteiger partial charge in [0.05, 0.1) is 0 Å². The van der Waals surface area contributed by atoms with Crippen molar-refractivity contribution in [2.45, 2.75) is 58.1 Å². The second kappa shape index (κ2) is 15.5. The van der Waals surface area contributed by atoms with Gasteiger partial charge < -0.3 is 19.0 Å². The first-order valence-corrected chi connectivity index (χ1v) is 21.8. The molecule has 0 amide bonds. The topological polar surface area (TPSA) is 65.0 Å². The molecular formula is C26H39Br2ClN4O2Si2. The molecule has 204 valence electrons. The lowest BCUT2D eigenvalue weighted by Crippen LogP contribution is -2.22. The molecule has 0 aliphatic rings. The van der Waals surface area contributed by atoms with Crippen LogP contribution in [0.4, 0.5) is 0 Å². The van der Waals surface area contributed by atoms with Crippen LogP contribution in [0.25, 0.3) is 22.1 Å². The molecule has 4 aromatic heterocycles. The first-order chi connectivity index (χ1) is 17.4. The van der Waals surface area contributed by atoms with Crippen molar-refractivity contribution in [3.63, 3.8) is 0 Å². The number of aromatic amines is 1. The number of hydrogen-bond donors (Lipinski definition) is 1. The van der Waals surface area contributed by atoms with Gasteiger partial charge in [-0.1, -0.05) is 50.9 Å². The number of ether oxygens (including phenoxy) is 2. The van der Waals surface area contributed by atoms with Crippen molar-refractivity contribution in [2.75, 3.05) is 19.3 Å². The normalized spacial score (nSPS) is 11.7. The molecule has 6 nitrogen and oxygen atoms in total. The zero-order valence-corrected chi connectivity index (χ0v) is 28.6. The minimum absolute atomic E-state index is 0.338. The van der Waals surface area contributed by atoms with Crippen LogP contribution in [-0.4, -0.2) is 54.9 Å². The molecule has 4 heterocycles. The quantitative estimate of drug-likeness (QED) is 0.108. The summed E-state index contributed by atoms with van der Waals surface area (Å²) in [5.41, 5.74) is 1.90. The van der Waals surface area contributed by atoms with Crippen molar-refractivity contribution in [1.29, 1.82) is 0 Å². The van der Waals surface area contributed by atoms with E-state index in [1.807, 2.05) is 41.4 Å². The summed E-state index contributed by atoms with van der Waals surface area (Å²) >= 11 is 12.3. The number of H-pyrrole nitrogens is 1. The molecule has 4 aromatic rings. The lowest BCUT2D eigenvalue weighted by molar-refractivity contribution is 0.0899. The van der Waals surface area contributed by atoms with E-state index in [2.05, 4.69) is 92.2 Å². The van der Waals surface area contributed by atoms with Gasteiger partial charge in [0.1, 0.15) is 24.1 Å². The monoisotopic (exact) mass is 688 g/mol. The van der Waals surface area contributed by atoms with Crippen LogP contribution >= 0.6 is 43.5 Å². The van der Waals surface area contributed by atoms with Crippen molar-refractivity contribution in [2.24, 2.45) is 0 Å². The van der Waals surface area contributed by atoms with E-state index < -0.39 is 16.1 Å². The van der Waals surface area contributed by atoms with Crippen LogP contribution in [0.2, 0.25) is 51.4 Å². The Labute approximate surface area is 244 Å². The summed E-state index contributed by atoms with van der Waals surface area (Å²) < 4.78 is 15.0. The molecule has 0 spiro atoms. The van der Waals surface area contributed by atoms with Crippen molar-refractivity contribution in [3.8, 4) is 0 Å². The van der Waals surface area contributed by atoms with Crippen molar-refractivity contribution in [3.05, 3.63) is 58.0 Å². The number of hydrogen-bond acceptors (Lipinski definition) is 4. The lowest BCUT2D eigenvalue weighted by atomic mass is 10.3. The van der Waals surface area contributed by atoms with Crippen LogP contribution in [-0.2, 0) is 16.2 Å². The summed E-state index contributed by atoms with van der Waals surface area (Å²) in [6, 6.07) is 10.7. The average Bonchev–Trinajstić information content (AvgIpc) is 3.45. The molecule has 0 saturated heterocycles. The molecule has 0 saturated carbocycles. The number of aromatic nitrogens is 4. The Hall–Kier alpha value is -1.02. The van der Waals surface area contributed by atoms with Crippen LogP contribution in [0.1, 0.15) is 0 Å². The standard InChI is InChI=1S/C13H19BrN2OSi.C7H5BrN2.C6H15ClOSi/c1-18(2,3)9-8-17-10-16-7-5-11-12(14)4-6-15-13(11)16;8-6-2-4-10-7-5(6)1-3-9-7;1-9(2,3)5-4-8-6-7/h4-7H,8-10H2,1-3H3;1-4H,(H,9,10);4-6H2,1-3H3.